The number of carbonyl (C=O) groups excluding carboxylic acids is 1. The van der Waals surface area contributed by atoms with E-state index in [1.54, 1.807) is 26.0 Å². The van der Waals surface area contributed by atoms with Crippen molar-refractivity contribution in [1.82, 2.24) is 14.7 Å². The fraction of sp³-hybridized carbons (Fsp3) is 0.357. The Balaban J connectivity index is 1.86. The first-order chi connectivity index (χ1) is 10.4. The second-order valence-corrected chi connectivity index (χ2v) is 6.89. The van der Waals surface area contributed by atoms with E-state index in [9.17, 15) is 13.2 Å². The maximum absolute atomic E-state index is 12.2. The molecule has 0 unspecified atom stereocenters. The number of aryl methyl sites for hydroxylation is 2. The quantitative estimate of drug-likeness (QED) is 0.919. The van der Waals surface area contributed by atoms with E-state index in [-0.39, 0.29) is 16.6 Å². The molecule has 7 nitrogen and oxygen atoms in total. The molecule has 1 fully saturated rings. The van der Waals surface area contributed by atoms with E-state index < -0.39 is 15.9 Å². The van der Waals surface area contributed by atoms with Crippen molar-refractivity contribution in [2.75, 3.05) is 0 Å². The molecule has 0 bridgehead atoms. The van der Waals surface area contributed by atoms with Crippen LogP contribution >= 0.6 is 0 Å². The van der Waals surface area contributed by atoms with E-state index in [1.165, 1.54) is 6.20 Å². The summed E-state index contributed by atoms with van der Waals surface area (Å²) in [6.45, 7) is 3.20. The van der Waals surface area contributed by atoms with Crippen LogP contribution in [0, 0.1) is 13.8 Å². The summed E-state index contributed by atoms with van der Waals surface area (Å²) in [5, 5.41) is -0.174. The van der Waals surface area contributed by atoms with Crippen molar-refractivity contribution >= 4 is 15.9 Å². The monoisotopic (exact) mass is 321 g/mol. The molecule has 0 saturated heterocycles. The van der Waals surface area contributed by atoms with Gasteiger partial charge in [0.25, 0.3) is 15.9 Å². The van der Waals surface area contributed by atoms with E-state index in [0.717, 1.165) is 12.8 Å². The lowest BCUT2D eigenvalue weighted by Gasteiger charge is -2.06. The number of hydrogen-bond acceptors (Lipinski definition) is 6. The molecule has 0 radical (unpaired) electrons. The van der Waals surface area contributed by atoms with Gasteiger partial charge >= 0.3 is 0 Å². The van der Waals surface area contributed by atoms with Crippen LogP contribution in [0.2, 0.25) is 0 Å². The van der Waals surface area contributed by atoms with Crippen molar-refractivity contribution in [2.45, 2.75) is 37.6 Å². The van der Waals surface area contributed by atoms with Gasteiger partial charge in [-0.15, -0.1) is 0 Å². The van der Waals surface area contributed by atoms with Gasteiger partial charge in [-0.05, 0) is 38.3 Å². The number of hydrogen-bond donors (Lipinski definition) is 1. The molecule has 1 N–H and O–H groups in total. The third kappa shape index (κ3) is 2.74. The van der Waals surface area contributed by atoms with Crippen molar-refractivity contribution in [2.24, 2.45) is 0 Å². The Morgan fingerprint density at radius 1 is 1.36 bits per heavy atom. The zero-order chi connectivity index (χ0) is 15.9. The second kappa shape index (κ2) is 5.20. The Kier molecular flexibility index (Phi) is 3.48. The molecule has 1 aliphatic rings. The summed E-state index contributed by atoms with van der Waals surface area (Å²) in [7, 11) is -4.04. The SMILES string of the molecule is Cc1cccnc1S(=O)(=O)NC(=O)c1nc(C2CC2)oc1C. The number of nitrogens with zero attached hydrogens (tertiary/aromatic N) is 2. The van der Waals surface area contributed by atoms with Gasteiger partial charge in [-0.3, -0.25) is 4.79 Å². The van der Waals surface area contributed by atoms with E-state index in [1.807, 2.05) is 4.72 Å². The van der Waals surface area contributed by atoms with Crippen LogP contribution in [0.25, 0.3) is 0 Å². The highest BCUT2D eigenvalue weighted by Gasteiger charge is 2.32. The first kappa shape index (κ1) is 14.7. The summed E-state index contributed by atoms with van der Waals surface area (Å²) in [4.78, 5) is 20.1. The number of carbonyl (C=O) groups is 1. The number of amides is 1. The molecular formula is C14H15N3O4S. The maximum atomic E-state index is 12.2. The number of aromatic nitrogens is 2. The predicted molar refractivity (Wildman–Crippen MR) is 76.8 cm³/mol. The molecule has 1 amide bonds. The van der Waals surface area contributed by atoms with E-state index in [4.69, 9.17) is 4.42 Å². The first-order valence-corrected chi connectivity index (χ1v) is 8.33. The highest BCUT2D eigenvalue weighted by Crippen LogP contribution is 2.40. The number of nitrogens with one attached hydrogen (secondary N) is 1. The number of rotatable bonds is 4. The van der Waals surface area contributed by atoms with Crippen LogP contribution in [-0.4, -0.2) is 24.3 Å². The molecule has 1 aliphatic carbocycles. The molecule has 2 aromatic heterocycles. The number of oxazole rings is 1. The minimum atomic E-state index is -4.04. The normalized spacial score (nSPS) is 14.8. The molecule has 0 spiro atoms. The van der Waals surface area contributed by atoms with E-state index in [0.29, 0.717) is 17.2 Å². The molecule has 3 rings (SSSR count). The summed E-state index contributed by atoms with van der Waals surface area (Å²) < 4.78 is 31.9. The largest absolute Gasteiger partial charge is 0.445 e. The molecule has 0 aliphatic heterocycles. The highest BCUT2D eigenvalue weighted by atomic mass is 32.2. The van der Waals surface area contributed by atoms with Gasteiger partial charge in [-0.1, -0.05) is 6.07 Å². The first-order valence-electron chi connectivity index (χ1n) is 6.84. The number of sulfonamides is 1. The van der Waals surface area contributed by atoms with Gasteiger partial charge < -0.3 is 4.42 Å². The van der Waals surface area contributed by atoms with Crippen molar-refractivity contribution < 1.29 is 17.6 Å². The van der Waals surface area contributed by atoms with Crippen LogP contribution in [0.5, 0.6) is 0 Å². The van der Waals surface area contributed by atoms with Crippen LogP contribution in [0.1, 0.15) is 46.5 Å². The fourth-order valence-corrected chi connectivity index (χ4v) is 3.23. The molecule has 1 saturated carbocycles. The summed E-state index contributed by atoms with van der Waals surface area (Å²) in [6.07, 6.45) is 3.32. The molecule has 2 heterocycles. The molecule has 2 aromatic rings. The predicted octanol–water partition coefficient (Wildman–Crippen LogP) is 1.68. The van der Waals surface area contributed by atoms with Crippen LogP contribution < -0.4 is 4.72 Å². The zero-order valence-corrected chi connectivity index (χ0v) is 13.0. The van der Waals surface area contributed by atoms with Gasteiger partial charge in [0.15, 0.2) is 16.6 Å². The lowest BCUT2D eigenvalue weighted by atomic mass is 10.3. The summed E-state index contributed by atoms with van der Waals surface area (Å²) in [6, 6.07) is 3.23. The smallest absolute Gasteiger partial charge is 0.287 e. The van der Waals surface area contributed by atoms with Crippen LogP contribution in [0.15, 0.2) is 27.8 Å². The van der Waals surface area contributed by atoms with Gasteiger partial charge in [0.05, 0.1) is 0 Å². The molecular weight excluding hydrogens is 306 g/mol. The zero-order valence-electron chi connectivity index (χ0n) is 12.2. The van der Waals surface area contributed by atoms with Gasteiger partial charge in [-0.2, -0.15) is 8.42 Å². The Hall–Kier alpha value is -2.22. The number of pyridine rings is 1. The minimum Gasteiger partial charge on any atom is -0.445 e. The standard InChI is InChI=1S/C14H15N3O4S/c1-8-4-3-7-15-14(8)22(19,20)17-12(18)11-9(2)21-13(16-11)10-5-6-10/h3-4,7,10H,5-6H2,1-2H3,(H,17,18). The Labute approximate surface area is 127 Å². The minimum absolute atomic E-state index is 0.000871. The maximum Gasteiger partial charge on any atom is 0.287 e. The highest BCUT2D eigenvalue weighted by molar-refractivity contribution is 7.90. The van der Waals surface area contributed by atoms with Crippen LogP contribution in [0.3, 0.4) is 0 Å². The summed E-state index contributed by atoms with van der Waals surface area (Å²) in [5.41, 5.74) is 0.456. The van der Waals surface area contributed by atoms with Gasteiger partial charge in [0.1, 0.15) is 5.76 Å². The molecule has 0 aromatic carbocycles. The average Bonchev–Trinajstić information content (AvgIpc) is 3.21. The van der Waals surface area contributed by atoms with Crippen LogP contribution in [-0.2, 0) is 10.0 Å². The molecule has 116 valence electrons. The fourth-order valence-electron chi connectivity index (χ4n) is 2.10. The van der Waals surface area contributed by atoms with Gasteiger partial charge in [0.2, 0.25) is 0 Å². The van der Waals surface area contributed by atoms with Crippen molar-refractivity contribution in [1.29, 1.82) is 0 Å². The van der Waals surface area contributed by atoms with Crippen LogP contribution in [0.4, 0.5) is 0 Å². The Morgan fingerprint density at radius 3 is 2.73 bits per heavy atom. The van der Waals surface area contributed by atoms with Crippen molar-refractivity contribution in [3.63, 3.8) is 0 Å². The average molecular weight is 321 g/mol. The summed E-state index contributed by atoms with van der Waals surface area (Å²) >= 11 is 0. The summed E-state index contributed by atoms with van der Waals surface area (Å²) in [5.74, 6) is 0.245. The lowest BCUT2D eigenvalue weighted by molar-refractivity contribution is 0.0975. The topological polar surface area (TPSA) is 102 Å². The second-order valence-electron chi connectivity index (χ2n) is 5.29. The molecule has 22 heavy (non-hydrogen) atoms. The third-order valence-corrected chi connectivity index (χ3v) is 4.79. The van der Waals surface area contributed by atoms with Crippen molar-refractivity contribution in [3.05, 3.63) is 41.2 Å². The lowest BCUT2D eigenvalue weighted by Crippen LogP contribution is -2.32. The third-order valence-electron chi connectivity index (χ3n) is 3.40. The Bertz CT molecular complexity index is 838. The van der Waals surface area contributed by atoms with E-state index in [2.05, 4.69) is 9.97 Å². The molecule has 0 atom stereocenters. The van der Waals surface area contributed by atoms with Gasteiger partial charge in [-0.25, -0.2) is 14.7 Å². The molecule has 8 heteroatoms. The van der Waals surface area contributed by atoms with Crippen molar-refractivity contribution in [3.8, 4) is 0 Å². The Morgan fingerprint density at radius 2 is 2.09 bits per heavy atom. The van der Waals surface area contributed by atoms with Gasteiger partial charge in [0, 0.05) is 12.1 Å². The van der Waals surface area contributed by atoms with E-state index >= 15 is 0 Å².